The molecule has 0 heterocycles. The van der Waals surface area contributed by atoms with Crippen LogP contribution >= 0.6 is 12.4 Å². The molecule has 0 aliphatic heterocycles. The van der Waals surface area contributed by atoms with Crippen molar-refractivity contribution in [3.8, 4) is 0 Å². The Morgan fingerprint density at radius 2 is 1.30 bits per heavy atom. The van der Waals surface area contributed by atoms with E-state index in [-0.39, 0.29) is 12.4 Å². The fourth-order valence-electron chi connectivity index (χ4n) is 1.52. The monoisotopic (exact) mass is 284 g/mol. The quantitative estimate of drug-likeness (QED) is 0.678. The summed E-state index contributed by atoms with van der Waals surface area (Å²) in [6.07, 6.45) is 8.45. The number of rotatable bonds is 5. The number of aliphatic imine (C=N–C) groups is 2. The van der Waals surface area contributed by atoms with Crippen molar-refractivity contribution in [1.29, 1.82) is 0 Å². The van der Waals surface area contributed by atoms with Gasteiger partial charge in [0.15, 0.2) is 0 Å². The van der Waals surface area contributed by atoms with Crippen LogP contribution < -0.4 is 0 Å². The highest BCUT2D eigenvalue weighted by atomic mass is 35.5. The van der Waals surface area contributed by atoms with Crippen LogP contribution in [0, 0.1) is 0 Å². The summed E-state index contributed by atoms with van der Waals surface area (Å²) in [5, 5.41) is 0. The second kappa shape index (κ2) is 9.70. The molecule has 2 rings (SSSR count). The van der Waals surface area contributed by atoms with E-state index in [1.165, 1.54) is 0 Å². The molecule has 0 unspecified atom stereocenters. The third kappa shape index (κ3) is 6.12. The number of allylic oxidation sites excluding steroid dienone is 2. The molecule has 0 fully saturated rings. The van der Waals surface area contributed by atoms with Gasteiger partial charge in [-0.25, -0.2) is 0 Å². The topological polar surface area (TPSA) is 24.7 Å². The van der Waals surface area contributed by atoms with Gasteiger partial charge in [-0.15, -0.1) is 12.4 Å². The van der Waals surface area contributed by atoms with Gasteiger partial charge in [-0.2, -0.15) is 0 Å². The van der Waals surface area contributed by atoms with Gasteiger partial charge >= 0.3 is 0 Å². The lowest BCUT2D eigenvalue weighted by molar-refractivity contribution is 1.46. The maximum absolute atomic E-state index is 4.34. The number of halogens is 1. The molecule has 0 aliphatic rings. The predicted molar refractivity (Wildman–Crippen MR) is 90.2 cm³/mol. The van der Waals surface area contributed by atoms with Crippen LogP contribution in [0.5, 0.6) is 0 Å². The molecule has 3 heteroatoms. The van der Waals surface area contributed by atoms with Gasteiger partial charge in [0, 0.05) is 18.9 Å². The Morgan fingerprint density at radius 3 is 1.90 bits per heavy atom. The number of nitrogens with zero attached hydrogens (tertiary/aromatic N) is 2. The lowest BCUT2D eigenvalue weighted by Crippen LogP contribution is -1.71. The summed E-state index contributed by atoms with van der Waals surface area (Å²) >= 11 is 0. The van der Waals surface area contributed by atoms with Crippen LogP contribution in [0.2, 0.25) is 0 Å². The smallest absolute Gasteiger partial charge is 0.0629 e. The van der Waals surface area contributed by atoms with Crippen LogP contribution in [0.1, 0.15) is 6.42 Å². The summed E-state index contributed by atoms with van der Waals surface area (Å²) in [6.45, 7) is 0. The molecule has 0 spiro atoms. The van der Waals surface area contributed by atoms with Crippen LogP contribution in [0.15, 0.2) is 82.8 Å². The van der Waals surface area contributed by atoms with E-state index in [2.05, 4.69) is 9.98 Å². The van der Waals surface area contributed by atoms with Crippen LogP contribution in [0.3, 0.4) is 0 Å². The molecular formula is C17H17ClN2. The Hall–Kier alpha value is -2.19. The SMILES string of the molecule is C(/C=C/CC=Nc1ccccc1)=Nc1ccccc1.Cl. The Morgan fingerprint density at radius 1 is 0.750 bits per heavy atom. The average Bonchev–Trinajstić information content (AvgIpc) is 2.48. The normalized spacial score (nSPS) is 11.2. The number of hydrogen-bond acceptors (Lipinski definition) is 2. The predicted octanol–water partition coefficient (Wildman–Crippen LogP) is 5.16. The summed E-state index contributed by atoms with van der Waals surface area (Å²) in [4.78, 5) is 8.65. The van der Waals surface area contributed by atoms with Crippen LogP contribution in [0.25, 0.3) is 0 Å². The maximum atomic E-state index is 4.34. The lowest BCUT2D eigenvalue weighted by Gasteiger charge is -1.89. The highest BCUT2D eigenvalue weighted by Gasteiger charge is 1.82. The number of para-hydroxylation sites is 2. The lowest BCUT2D eigenvalue weighted by atomic mass is 10.3. The van der Waals surface area contributed by atoms with Gasteiger partial charge in [0.25, 0.3) is 0 Å². The van der Waals surface area contributed by atoms with Crippen LogP contribution in [0.4, 0.5) is 11.4 Å². The minimum absolute atomic E-state index is 0. The van der Waals surface area contributed by atoms with E-state index < -0.39 is 0 Å². The number of hydrogen-bond donors (Lipinski definition) is 0. The van der Waals surface area contributed by atoms with Crippen molar-refractivity contribution in [3.05, 3.63) is 72.8 Å². The second-order valence-electron chi connectivity index (χ2n) is 3.92. The van der Waals surface area contributed by atoms with Crippen molar-refractivity contribution in [2.75, 3.05) is 0 Å². The van der Waals surface area contributed by atoms with E-state index in [0.717, 1.165) is 17.8 Å². The van der Waals surface area contributed by atoms with Crippen molar-refractivity contribution >= 4 is 36.2 Å². The molecule has 102 valence electrons. The summed E-state index contributed by atoms with van der Waals surface area (Å²) in [5.74, 6) is 0. The Bertz CT molecular complexity index is 560. The van der Waals surface area contributed by atoms with E-state index >= 15 is 0 Å². The van der Waals surface area contributed by atoms with Gasteiger partial charge in [-0.05, 0) is 30.3 Å². The first-order valence-corrected chi connectivity index (χ1v) is 6.27. The first-order valence-electron chi connectivity index (χ1n) is 6.27. The molecule has 2 aromatic rings. The zero-order valence-corrected chi connectivity index (χ0v) is 11.9. The number of benzene rings is 2. The molecule has 0 radical (unpaired) electrons. The molecule has 0 aromatic heterocycles. The highest BCUT2D eigenvalue weighted by Crippen LogP contribution is 2.09. The van der Waals surface area contributed by atoms with E-state index in [9.17, 15) is 0 Å². The minimum atomic E-state index is 0. The molecule has 0 aliphatic carbocycles. The molecular weight excluding hydrogens is 268 g/mol. The van der Waals surface area contributed by atoms with Crippen molar-refractivity contribution in [1.82, 2.24) is 0 Å². The average molecular weight is 285 g/mol. The second-order valence-corrected chi connectivity index (χ2v) is 3.92. The molecule has 2 aromatic carbocycles. The maximum Gasteiger partial charge on any atom is 0.0629 e. The standard InChI is InChI=1S/C17H16N2.ClH/c1-4-10-16(11-5-1)18-14-8-3-9-15-19-17-12-6-2-7-13-17;/h1-8,10-15H,9H2;1H/b8-3+,18-14?,19-15?;. The Labute approximate surface area is 126 Å². The summed E-state index contributed by atoms with van der Waals surface area (Å²) < 4.78 is 0. The third-order valence-electron chi connectivity index (χ3n) is 2.44. The molecule has 0 atom stereocenters. The fourth-order valence-corrected chi connectivity index (χ4v) is 1.52. The fraction of sp³-hybridized carbons (Fsp3) is 0.0588. The minimum Gasteiger partial charge on any atom is -0.261 e. The van der Waals surface area contributed by atoms with Crippen molar-refractivity contribution in [2.45, 2.75) is 6.42 Å². The van der Waals surface area contributed by atoms with Crippen LogP contribution in [-0.2, 0) is 0 Å². The molecule has 0 amide bonds. The molecule has 0 saturated carbocycles. The molecule has 0 bridgehead atoms. The van der Waals surface area contributed by atoms with Gasteiger partial charge in [0.1, 0.15) is 0 Å². The zero-order chi connectivity index (χ0) is 13.2. The first-order chi connectivity index (χ1) is 9.45. The van der Waals surface area contributed by atoms with Crippen molar-refractivity contribution in [3.63, 3.8) is 0 Å². The Balaban J connectivity index is 0.00000200. The summed E-state index contributed by atoms with van der Waals surface area (Å²) in [5.41, 5.74) is 1.94. The largest absolute Gasteiger partial charge is 0.261 e. The van der Waals surface area contributed by atoms with Crippen molar-refractivity contribution < 1.29 is 0 Å². The third-order valence-corrected chi connectivity index (χ3v) is 2.44. The van der Waals surface area contributed by atoms with Gasteiger partial charge in [-0.3, -0.25) is 9.98 Å². The van der Waals surface area contributed by atoms with Crippen molar-refractivity contribution in [2.24, 2.45) is 9.98 Å². The van der Waals surface area contributed by atoms with Gasteiger partial charge in [-0.1, -0.05) is 42.5 Å². The van der Waals surface area contributed by atoms with E-state index in [0.29, 0.717) is 0 Å². The van der Waals surface area contributed by atoms with E-state index in [1.54, 1.807) is 6.21 Å². The molecule has 0 N–H and O–H groups in total. The molecule has 2 nitrogen and oxygen atoms in total. The zero-order valence-electron chi connectivity index (χ0n) is 11.1. The Kier molecular flexibility index (Phi) is 7.70. The van der Waals surface area contributed by atoms with Gasteiger partial charge < -0.3 is 0 Å². The molecule has 20 heavy (non-hydrogen) atoms. The first kappa shape index (κ1) is 15.9. The van der Waals surface area contributed by atoms with Gasteiger partial charge in [0.05, 0.1) is 11.4 Å². The summed E-state index contributed by atoms with van der Waals surface area (Å²) in [7, 11) is 0. The van der Waals surface area contributed by atoms with E-state index in [4.69, 9.17) is 0 Å². The van der Waals surface area contributed by atoms with E-state index in [1.807, 2.05) is 79.0 Å². The molecule has 0 saturated heterocycles. The van der Waals surface area contributed by atoms with Gasteiger partial charge in [0.2, 0.25) is 0 Å². The van der Waals surface area contributed by atoms with Crippen LogP contribution in [-0.4, -0.2) is 12.4 Å². The summed E-state index contributed by atoms with van der Waals surface area (Å²) in [6, 6.07) is 19.8. The highest BCUT2D eigenvalue weighted by molar-refractivity contribution is 5.85.